The predicted octanol–water partition coefficient (Wildman–Crippen LogP) is 0.384. The van der Waals surface area contributed by atoms with Gasteiger partial charge in [0.15, 0.2) is 11.6 Å². The first-order chi connectivity index (χ1) is 12.3. The van der Waals surface area contributed by atoms with Gasteiger partial charge in [-0.2, -0.15) is 20.1 Å². The second-order valence-corrected chi connectivity index (χ2v) is 6.11. The minimum absolute atomic E-state index is 0.738. The first-order valence-electron chi connectivity index (χ1n) is 8.46. The second kappa shape index (κ2) is 6.98. The highest BCUT2D eigenvalue weighted by atomic mass is 15.5. The third-order valence-electron chi connectivity index (χ3n) is 4.37. The van der Waals surface area contributed by atoms with Crippen LogP contribution >= 0.6 is 0 Å². The number of nitrogens with zero attached hydrogens (tertiary/aromatic N) is 9. The van der Waals surface area contributed by atoms with E-state index in [0.29, 0.717) is 0 Å². The lowest BCUT2D eigenvalue weighted by Gasteiger charge is -2.35. The molecule has 1 fully saturated rings. The van der Waals surface area contributed by atoms with Crippen LogP contribution in [0.15, 0.2) is 36.8 Å². The standard InChI is InChI=1S/C16H21N9/c1-14-4-7-24(21-14)16-3-2-15(19-20-16)23-11-8-22(9-12-23)10-13-25-17-5-6-18-25/h2-7H,8-13H2,1H3. The molecule has 130 valence electrons. The van der Waals surface area contributed by atoms with Gasteiger partial charge in [0.2, 0.25) is 0 Å². The molecule has 25 heavy (non-hydrogen) atoms. The summed E-state index contributed by atoms with van der Waals surface area (Å²) in [7, 11) is 0. The van der Waals surface area contributed by atoms with Crippen LogP contribution in [0.2, 0.25) is 0 Å². The average Bonchev–Trinajstić information content (AvgIpc) is 3.32. The normalized spacial score (nSPS) is 15.6. The Morgan fingerprint density at radius 3 is 2.24 bits per heavy atom. The fourth-order valence-electron chi connectivity index (χ4n) is 2.94. The van der Waals surface area contributed by atoms with E-state index >= 15 is 0 Å². The molecule has 0 amide bonds. The Morgan fingerprint density at radius 1 is 0.880 bits per heavy atom. The molecule has 4 heterocycles. The lowest BCUT2D eigenvalue weighted by molar-refractivity contribution is 0.239. The topological polar surface area (TPSA) is 80.8 Å². The molecule has 3 aromatic heterocycles. The fourth-order valence-corrected chi connectivity index (χ4v) is 2.94. The summed E-state index contributed by atoms with van der Waals surface area (Å²) in [4.78, 5) is 6.43. The van der Waals surface area contributed by atoms with Crippen molar-refractivity contribution in [3.8, 4) is 5.82 Å². The van der Waals surface area contributed by atoms with Gasteiger partial charge in [-0.25, -0.2) is 4.68 Å². The molecule has 3 aromatic rings. The smallest absolute Gasteiger partial charge is 0.175 e. The molecule has 0 spiro atoms. The Labute approximate surface area is 145 Å². The highest BCUT2D eigenvalue weighted by molar-refractivity contribution is 5.40. The van der Waals surface area contributed by atoms with Crippen LogP contribution < -0.4 is 4.90 Å². The second-order valence-electron chi connectivity index (χ2n) is 6.11. The van der Waals surface area contributed by atoms with E-state index in [4.69, 9.17) is 0 Å². The monoisotopic (exact) mass is 339 g/mol. The number of anilines is 1. The maximum Gasteiger partial charge on any atom is 0.175 e. The number of hydrogen-bond acceptors (Lipinski definition) is 7. The van der Waals surface area contributed by atoms with Crippen LogP contribution in [-0.4, -0.2) is 72.6 Å². The van der Waals surface area contributed by atoms with E-state index in [2.05, 4.69) is 35.3 Å². The van der Waals surface area contributed by atoms with Crippen LogP contribution in [0.4, 0.5) is 5.82 Å². The van der Waals surface area contributed by atoms with Gasteiger partial charge in [0, 0.05) is 38.9 Å². The maximum atomic E-state index is 4.37. The molecule has 9 nitrogen and oxygen atoms in total. The Bertz CT molecular complexity index is 785. The number of aromatic nitrogens is 7. The molecule has 0 aliphatic carbocycles. The molecule has 1 aliphatic rings. The minimum atomic E-state index is 0.738. The van der Waals surface area contributed by atoms with Crippen molar-refractivity contribution in [1.29, 1.82) is 0 Å². The highest BCUT2D eigenvalue weighted by Crippen LogP contribution is 2.14. The molecule has 0 atom stereocenters. The Morgan fingerprint density at radius 2 is 1.60 bits per heavy atom. The summed E-state index contributed by atoms with van der Waals surface area (Å²) in [5, 5.41) is 21.3. The predicted molar refractivity (Wildman–Crippen MR) is 92.6 cm³/mol. The number of rotatable bonds is 5. The van der Waals surface area contributed by atoms with Crippen LogP contribution in [0.25, 0.3) is 5.82 Å². The minimum Gasteiger partial charge on any atom is -0.353 e. The molecule has 0 aromatic carbocycles. The van der Waals surface area contributed by atoms with E-state index in [1.54, 1.807) is 21.9 Å². The largest absolute Gasteiger partial charge is 0.353 e. The van der Waals surface area contributed by atoms with E-state index in [9.17, 15) is 0 Å². The molecule has 0 unspecified atom stereocenters. The molecule has 1 saturated heterocycles. The van der Waals surface area contributed by atoms with E-state index < -0.39 is 0 Å². The van der Waals surface area contributed by atoms with Crippen LogP contribution in [0.1, 0.15) is 5.69 Å². The first-order valence-corrected chi connectivity index (χ1v) is 8.46. The average molecular weight is 339 g/mol. The van der Waals surface area contributed by atoms with Gasteiger partial charge < -0.3 is 4.90 Å². The molecule has 9 heteroatoms. The van der Waals surface area contributed by atoms with Gasteiger partial charge in [0.1, 0.15) is 0 Å². The van der Waals surface area contributed by atoms with Crippen molar-refractivity contribution in [3.63, 3.8) is 0 Å². The molecule has 0 radical (unpaired) electrons. The van der Waals surface area contributed by atoms with Crippen LogP contribution in [0, 0.1) is 6.92 Å². The number of piperazine rings is 1. The van der Waals surface area contributed by atoms with Crippen molar-refractivity contribution in [2.45, 2.75) is 13.5 Å². The van der Waals surface area contributed by atoms with Crippen molar-refractivity contribution in [3.05, 3.63) is 42.5 Å². The summed E-state index contributed by atoms with van der Waals surface area (Å²) in [5.74, 6) is 1.66. The van der Waals surface area contributed by atoms with Gasteiger partial charge in [-0.15, -0.1) is 10.2 Å². The van der Waals surface area contributed by atoms with Crippen LogP contribution in [0.5, 0.6) is 0 Å². The van der Waals surface area contributed by atoms with Crippen molar-refractivity contribution < 1.29 is 0 Å². The SMILES string of the molecule is Cc1ccn(-c2ccc(N3CCN(CCn4nccn4)CC3)nn2)n1. The molecular weight excluding hydrogens is 318 g/mol. The zero-order valence-corrected chi connectivity index (χ0v) is 14.2. The third-order valence-corrected chi connectivity index (χ3v) is 4.37. The molecular formula is C16H21N9. The Kier molecular flexibility index (Phi) is 4.38. The van der Waals surface area contributed by atoms with E-state index in [-0.39, 0.29) is 0 Å². The zero-order valence-electron chi connectivity index (χ0n) is 14.2. The lowest BCUT2D eigenvalue weighted by Crippen LogP contribution is -2.47. The zero-order chi connectivity index (χ0) is 17.1. The van der Waals surface area contributed by atoms with Crippen LogP contribution in [-0.2, 0) is 6.54 Å². The van der Waals surface area contributed by atoms with Crippen molar-refractivity contribution in [1.82, 2.24) is 39.9 Å². The van der Waals surface area contributed by atoms with Gasteiger partial charge in [0.25, 0.3) is 0 Å². The van der Waals surface area contributed by atoms with E-state index in [0.717, 1.165) is 56.6 Å². The van der Waals surface area contributed by atoms with Gasteiger partial charge >= 0.3 is 0 Å². The quantitative estimate of drug-likeness (QED) is 0.665. The molecule has 1 aliphatic heterocycles. The fraction of sp³-hybridized carbons (Fsp3) is 0.438. The third kappa shape index (κ3) is 3.66. The first kappa shape index (κ1) is 15.7. The Hall–Kier alpha value is -2.81. The van der Waals surface area contributed by atoms with Gasteiger partial charge in [0.05, 0.1) is 24.6 Å². The molecule has 0 N–H and O–H groups in total. The summed E-state index contributed by atoms with van der Waals surface area (Å²) < 4.78 is 1.74. The van der Waals surface area contributed by atoms with Crippen LogP contribution in [0.3, 0.4) is 0 Å². The summed E-state index contributed by atoms with van der Waals surface area (Å²) in [5.41, 5.74) is 0.965. The number of aryl methyl sites for hydroxylation is 1. The maximum absolute atomic E-state index is 4.37. The van der Waals surface area contributed by atoms with Crippen molar-refractivity contribution in [2.75, 3.05) is 37.6 Å². The summed E-state index contributed by atoms with van der Waals surface area (Å²) >= 11 is 0. The highest BCUT2D eigenvalue weighted by Gasteiger charge is 2.18. The summed E-state index contributed by atoms with van der Waals surface area (Å²) in [6.45, 7) is 7.64. The number of hydrogen-bond donors (Lipinski definition) is 0. The summed E-state index contributed by atoms with van der Waals surface area (Å²) in [6.07, 6.45) is 5.32. The van der Waals surface area contributed by atoms with E-state index in [1.165, 1.54) is 0 Å². The van der Waals surface area contributed by atoms with Gasteiger partial charge in [-0.05, 0) is 25.1 Å². The van der Waals surface area contributed by atoms with Crippen molar-refractivity contribution >= 4 is 5.82 Å². The summed E-state index contributed by atoms with van der Waals surface area (Å²) in [6, 6.07) is 5.93. The van der Waals surface area contributed by atoms with Gasteiger partial charge in [-0.3, -0.25) is 4.90 Å². The molecule has 0 bridgehead atoms. The lowest BCUT2D eigenvalue weighted by atomic mass is 10.3. The van der Waals surface area contributed by atoms with Crippen molar-refractivity contribution in [2.24, 2.45) is 0 Å². The van der Waals surface area contributed by atoms with E-state index in [1.807, 2.05) is 31.3 Å². The van der Waals surface area contributed by atoms with Gasteiger partial charge in [-0.1, -0.05) is 0 Å². The molecule has 0 saturated carbocycles. The Balaban J connectivity index is 1.31. The molecule has 4 rings (SSSR count).